The highest BCUT2D eigenvalue weighted by atomic mass is 16.2. The largest absolute Gasteiger partial charge is 0.345 e. The van der Waals surface area contributed by atoms with Crippen LogP contribution in [0.4, 0.5) is 5.69 Å². The fourth-order valence-electron chi connectivity index (χ4n) is 4.53. The summed E-state index contributed by atoms with van der Waals surface area (Å²) >= 11 is 0. The molecule has 2 aliphatic carbocycles. The smallest absolute Gasteiger partial charge is 0.313 e. The van der Waals surface area contributed by atoms with Gasteiger partial charge in [0.05, 0.1) is 0 Å². The molecule has 2 amide bonds. The highest BCUT2D eigenvalue weighted by Gasteiger charge is 2.42. The minimum absolute atomic E-state index is 0.0655. The Morgan fingerprint density at radius 3 is 2.24 bits per heavy atom. The van der Waals surface area contributed by atoms with E-state index in [1.54, 1.807) is 0 Å². The van der Waals surface area contributed by atoms with E-state index in [0.29, 0.717) is 11.6 Å². The van der Waals surface area contributed by atoms with Crippen LogP contribution < -0.4 is 10.6 Å². The van der Waals surface area contributed by atoms with Crippen molar-refractivity contribution in [2.24, 2.45) is 17.8 Å². The number of benzene rings is 1. The molecule has 2 saturated carbocycles. The van der Waals surface area contributed by atoms with Crippen LogP contribution in [0.2, 0.25) is 0 Å². The molecule has 1 aromatic carbocycles. The summed E-state index contributed by atoms with van der Waals surface area (Å²) in [4.78, 5) is 24.4. The molecule has 0 heterocycles. The van der Waals surface area contributed by atoms with Gasteiger partial charge in [-0.2, -0.15) is 0 Å². The summed E-state index contributed by atoms with van der Waals surface area (Å²) < 4.78 is 0. The van der Waals surface area contributed by atoms with E-state index in [4.69, 9.17) is 0 Å². The third-order valence-corrected chi connectivity index (χ3v) is 6.01. The van der Waals surface area contributed by atoms with Gasteiger partial charge in [0.25, 0.3) is 0 Å². The summed E-state index contributed by atoms with van der Waals surface area (Å²) in [5, 5.41) is 5.61. The lowest BCUT2D eigenvalue weighted by Gasteiger charge is -2.28. The molecule has 2 aliphatic rings. The summed E-state index contributed by atoms with van der Waals surface area (Å²) in [6.45, 7) is 8.47. The second-order valence-corrected chi connectivity index (χ2v) is 8.88. The quantitative estimate of drug-likeness (QED) is 0.820. The monoisotopic (exact) mass is 342 g/mol. The van der Waals surface area contributed by atoms with Crippen LogP contribution in [-0.2, 0) is 15.0 Å². The number of amides is 2. The predicted octanol–water partition coefficient (Wildman–Crippen LogP) is 3.86. The van der Waals surface area contributed by atoms with Gasteiger partial charge in [-0.15, -0.1) is 0 Å². The normalized spacial score (nSPS) is 26.3. The van der Waals surface area contributed by atoms with Crippen molar-refractivity contribution in [2.75, 3.05) is 5.32 Å². The third-order valence-electron chi connectivity index (χ3n) is 6.01. The molecule has 2 fully saturated rings. The maximum atomic E-state index is 12.2. The zero-order valence-electron chi connectivity index (χ0n) is 15.8. The van der Waals surface area contributed by atoms with Gasteiger partial charge in [0.15, 0.2) is 0 Å². The Kier molecular flexibility index (Phi) is 4.90. The molecule has 0 spiro atoms. The van der Waals surface area contributed by atoms with Crippen molar-refractivity contribution in [1.82, 2.24) is 5.32 Å². The van der Waals surface area contributed by atoms with Gasteiger partial charge < -0.3 is 10.6 Å². The van der Waals surface area contributed by atoms with Gasteiger partial charge in [-0.3, -0.25) is 9.59 Å². The summed E-state index contributed by atoms with van der Waals surface area (Å²) in [6.07, 6.45) is 5.12. The van der Waals surface area contributed by atoms with E-state index in [-0.39, 0.29) is 11.5 Å². The van der Waals surface area contributed by atoms with E-state index < -0.39 is 11.8 Å². The zero-order chi connectivity index (χ0) is 18.2. The topological polar surface area (TPSA) is 58.2 Å². The highest BCUT2D eigenvalue weighted by molar-refractivity contribution is 6.39. The molecule has 25 heavy (non-hydrogen) atoms. The van der Waals surface area contributed by atoms with Crippen molar-refractivity contribution < 1.29 is 9.59 Å². The summed E-state index contributed by atoms with van der Waals surface area (Å²) in [6, 6.07) is 7.75. The van der Waals surface area contributed by atoms with Gasteiger partial charge in [-0.1, -0.05) is 39.3 Å². The van der Waals surface area contributed by atoms with E-state index in [0.717, 1.165) is 11.8 Å². The molecule has 4 unspecified atom stereocenters. The average molecular weight is 342 g/mol. The molecule has 3 rings (SSSR count). The minimum Gasteiger partial charge on any atom is -0.345 e. The molecule has 1 aromatic rings. The molecule has 4 heteroatoms. The SMILES string of the molecule is CC(NC(=O)C(=O)Nc1ccc(C(C)(C)C)cc1)C1CC2CCC1C2. The van der Waals surface area contributed by atoms with E-state index in [9.17, 15) is 9.59 Å². The fourth-order valence-corrected chi connectivity index (χ4v) is 4.53. The van der Waals surface area contributed by atoms with Crippen LogP contribution in [0.15, 0.2) is 24.3 Å². The number of hydrogen-bond acceptors (Lipinski definition) is 2. The fraction of sp³-hybridized carbons (Fsp3) is 0.619. The Morgan fingerprint density at radius 1 is 1.04 bits per heavy atom. The molecular formula is C21H30N2O2. The van der Waals surface area contributed by atoms with E-state index >= 15 is 0 Å². The Labute approximate surface area is 150 Å². The first-order chi connectivity index (χ1) is 11.7. The van der Waals surface area contributed by atoms with Crippen molar-refractivity contribution in [3.63, 3.8) is 0 Å². The number of hydrogen-bond donors (Lipinski definition) is 2. The Balaban J connectivity index is 1.53. The molecule has 0 aromatic heterocycles. The van der Waals surface area contributed by atoms with Crippen molar-refractivity contribution in [2.45, 2.75) is 64.8 Å². The minimum atomic E-state index is -0.585. The number of carbonyl (C=O) groups excluding carboxylic acids is 2. The van der Waals surface area contributed by atoms with E-state index in [1.807, 2.05) is 31.2 Å². The first-order valence-corrected chi connectivity index (χ1v) is 9.46. The molecular weight excluding hydrogens is 312 g/mol. The van der Waals surface area contributed by atoms with Crippen LogP contribution in [0.1, 0.15) is 58.9 Å². The number of anilines is 1. The lowest BCUT2D eigenvalue weighted by molar-refractivity contribution is -0.136. The van der Waals surface area contributed by atoms with Crippen LogP contribution >= 0.6 is 0 Å². The van der Waals surface area contributed by atoms with Crippen molar-refractivity contribution in [1.29, 1.82) is 0 Å². The third kappa shape index (κ3) is 4.05. The molecule has 4 atom stereocenters. The second kappa shape index (κ2) is 6.81. The van der Waals surface area contributed by atoms with Crippen LogP contribution in [0.5, 0.6) is 0 Å². The molecule has 0 radical (unpaired) electrons. The standard InChI is InChI=1S/C21H30N2O2/c1-13(18-12-14-5-6-15(18)11-14)22-19(24)20(25)23-17-9-7-16(8-10-17)21(2,3)4/h7-10,13-15,18H,5-6,11-12H2,1-4H3,(H,22,24)(H,23,25). The van der Waals surface area contributed by atoms with Crippen molar-refractivity contribution in [3.8, 4) is 0 Å². The predicted molar refractivity (Wildman–Crippen MR) is 100 cm³/mol. The molecule has 0 aliphatic heterocycles. The molecule has 4 nitrogen and oxygen atoms in total. The number of nitrogens with one attached hydrogen (secondary N) is 2. The Morgan fingerprint density at radius 2 is 1.72 bits per heavy atom. The molecule has 2 bridgehead atoms. The Bertz CT molecular complexity index is 645. The van der Waals surface area contributed by atoms with E-state index in [2.05, 4.69) is 31.4 Å². The van der Waals surface area contributed by atoms with Gasteiger partial charge in [0, 0.05) is 11.7 Å². The number of carbonyl (C=O) groups is 2. The van der Waals surface area contributed by atoms with Gasteiger partial charge in [-0.25, -0.2) is 0 Å². The first kappa shape index (κ1) is 18.0. The summed E-state index contributed by atoms with van der Waals surface area (Å²) in [5.41, 5.74) is 1.91. The van der Waals surface area contributed by atoms with Crippen LogP contribution in [0, 0.1) is 17.8 Å². The van der Waals surface area contributed by atoms with E-state index in [1.165, 1.54) is 31.2 Å². The second-order valence-electron chi connectivity index (χ2n) is 8.88. The zero-order valence-corrected chi connectivity index (χ0v) is 15.8. The van der Waals surface area contributed by atoms with Crippen molar-refractivity contribution in [3.05, 3.63) is 29.8 Å². The molecule has 136 valence electrons. The lowest BCUT2D eigenvalue weighted by Crippen LogP contribution is -2.45. The number of rotatable bonds is 3. The average Bonchev–Trinajstić information content (AvgIpc) is 3.17. The van der Waals surface area contributed by atoms with Gasteiger partial charge in [-0.05, 0) is 67.1 Å². The van der Waals surface area contributed by atoms with Crippen molar-refractivity contribution >= 4 is 17.5 Å². The molecule has 0 saturated heterocycles. The summed E-state index contributed by atoms with van der Waals surface area (Å²) in [7, 11) is 0. The molecule has 2 N–H and O–H groups in total. The Hall–Kier alpha value is -1.84. The number of fused-ring (bicyclic) bond motifs is 2. The lowest BCUT2D eigenvalue weighted by atomic mass is 9.84. The van der Waals surface area contributed by atoms with Crippen LogP contribution in [0.3, 0.4) is 0 Å². The van der Waals surface area contributed by atoms with Gasteiger partial charge >= 0.3 is 11.8 Å². The maximum absolute atomic E-state index is 12.2. The maximum Gasteiger partial charge on any atom is 0.313 e. The van der Waals surface area contributed by atoms with Crippen LogP contribution in [-0.4, -0.2) is 17.9 Å². The summed E-state index contributed by atoms with van der Waals surface area (Å²) in [5.74, 6) is 0.980. The first-order valence-electron chi connectivity index (χ1n) is 9.46. The van der Waals surface area contributed by atoms with Crippen LogP contribution in [0.25, 0.3) is 0 Å². The van der Waals surface area contributed by atoms with Gasteiger partial charge in [0.1, 0.15) is 0 Å². The highest BCUT2D eigenvalue weighted by Crippen LogP contribution is 2.49. The van der Waals surface area contributed by atoms with Gasteiger partial charge in [0.2, 0.25) is 0 Å².